The van der Waals surface area contributed by atoms with E-state index in [9.17, 15) is 14.4 Å². The van der Waals surface area contributed by atoms with Crippen molar-refractivity contribution in [1.29, 1.82) is 0 Å². The number of H-pyrrole nitrogens is 1. The summed E-state index contributed by atoms with van der Waals surface area (Å²) in [6, 6.07) is 3.05. The first-order chi connectivity index (χ1) is 8.08. The van der Waals surface area contributed by atoms with Crippen molar-refractivity contribution in [1.82, 2.24) is 9.88 Å². The monoisotopic (exact) mass is 236 g/mol. The number of amides is 1. The molecule has 0 atom stereocenters. The highest BCUT2D eigenvalue weighted by atomic mass is 16.4. The minimum atomic E-state index is -0.861. The molecule has 0 aliphatic carbocycles. The fourth-order valence-electron chi connectivity index (χ4n) is 1.87. The number of aromatic amines is 1. The van der Waals surface area contributed by atoms with E-state index in [4.69, 9.17) is 5.11 Å². The molecule has 1 aliphatic heterocycles. The average molecular weight is 236 g/mol. The third-order valence-electron chi connectivity index (χ3n) is 2.76. The van der Waals surface area contributed by atoms with Crippen LogP contribution in [0.25, 0.3) is 0 Å². The molecule has 2 N–H and O–H groups in total. The number of aliphatic carboxylic acids is 1. The first-order valence-corrected chi connectivity index (χ1v) is 5.26. The highest BCUT2D eigenvalue weighted by Gasteiger charge is 2.33. The van der Waals surface area contributed by atoms with Gasteiger partial charge in [-0.2, -0.15) is 0 Å². The molecule has 1 aliphatic rings. The Balaban J connectivity index is 1.98. The number of carboxylic acid groups (broad SMARTS) is 1. The van der Waals surface area contributed by atoms with E-state index in [1.807, 2.05) is 0 Å². The fourth-order valence-corrected chi connectivity index (χ4v) is 1.87. The summed E-state index contributed by atoms with van der Waals surface area (Å²) in [5.74, 6) is -1.20. The van der Waals surface area contributed by atoms with Gasteiger partial charge < -0.3 is 15.0 Å². The molecule has 90 valence electrons. The number of carboxylic acids is 1. The van der Waals surface area contributed by atoms with Crippen LogP contribution in [0.2, 0.25) is 0 Å². The Kier molecular flexibility index (Phi) is 2.95. The lowest BCUT2D eigenvalue weighted by molar-refractivity contribution is -0.139. The number of pyridine rings is 1. The Morgan fingerprint density at radius 2 is 2.18 bits per heavy atom. The number of rotatable bonds is 3. The van der Waals surface area contributed by atoms with Crippen molar-refractivity contribution >= 4 is 11.9 Å². The number of likely N-dealkylation sites (tertiary alicyclic amines) is 1. The minimum absolute atomic E-state index is 0.000700. The zero-order chi connectivity index (χ0) is 12.4. The van der Waals surface area contributed by atoms with Crippen LogP contribution in [0.3, 0.4) is 0 Å². The number of carbonyl (C=O) groups excluding carboxylic acids is 1. The summed E-state index contributed by atoms with van der Waals surface area (Å²) in [6.45, 7) is 0.804. The number of hydrogen-bond donors (Lipinski definition) is 2. The van der Waals surface area contributed by atoms with Crippen LogP contribution in [0.4, 0.5) is 0 Å². The molecule has 0 radical (unpaired) electrons. The summed E-state index contributed by atoms with van der Waals surface area (Å²) in [4.78, 5) is 37.6. The average Bonchev–Trinajstić information content (AvgIpc) is 2.22. The maximum absolute atomic E-state index is 11.8. The van der Waals surface area contributed by atoms with Gasteiger partial charge in [0.15, 0.2) is 0 Å². The lowest BCUT2D eigenvalue weighted by Crippen LogP contribution is -2.51. The molecule has 6 heteroatoms. The van der Waals surface area contributed by atoms with Crippen LogP contribution in [-0.4, -0.2) is 40.0 Å². The molecule has 2 heterocycles. The maximum Gasteiger partial charge on any atom is 0.303 e. The SMILES string of the molecule is O=C(O)CC1CN(C(=O)c2ccc[nH]c2=O)C1. The molecular formula is C11H12N2O4. The van der Waals surface area contributed by atoms with E-state index in [2.05, 4.69) is 4.98 Å². The van der Waals surface area contributed by atoms with Crippen molar-refractivity contribution in [3.63, 3.8) is 0 Å². The zero-order valence-corrected chi connectivity index (χ0v) is 9.05. The van der Waals surface area contributed by atoms with E-state index in [0.29, 0.717) is 13.1 Å². The maximum atomic E-state index is 11.8. The highest BCUT2D eigenvalue weighted by Crippen LogP contribution is 2.20. The van der Waals surface area contributed by atoms with Gasteiger partial charge in [-0.25, -0.2) is 0 Å². The van der Waals surface area contributed by atoms with Crippen LogP contribution in [0, 0.1) is 5.92 Å². The van der Waals surface area contributed by atoms with Gasteiger partial charge >= 0.3 is 5.97 Å². The summed E-state index contributed by atoms with van der Waals surface area (Å²) in [5.41, 5.74) is -0.319. The second kappa shape index (κ2) is 4.40. The van der Waals surface area contributed by atoms with Gasteiger partial charge in [0.05, 0.1) is 6.42 Å². The van der Waals surface area contributed by atoms with Gasteiger partial charge in [0.25, 0.3) is 11.5 Å². The van der Waals surface area contributed by atoms with E-state index >= 15 is 0 Å². The lowest BCUT2D eigenvalue weighted by Gasteiger charge is -2.38. The Bertz CT molecular complexity index is 502. The first-order valence-electron chi connectivity index (χ1n) is 5.26. The van der Waals surface area contributed by atoms with Gasteiger partial charge in [-0.3, -0.25) is 14.4 Å². The molecule has 0 unspecified atom stereocenters. The van der Waals surface area contributed by atoms with Crippen LogP contribution < -0.4 is 5.56 Å². The predicted octanol–water partition coefficient (Wildman–Crippen LogP) is -0.0784. The number of nitrogens with zero attached hydrogens (tertiary/aromatic N) is 1. The molecule has 17 heavy (non-hydrogen) atoms. The van der Waals surface area contributed by atoms with E-state index in [0.717, 1.165) is 0 Å². The highest BCUT2D eigenvalue weighted by molar-refractivity contribution is 5.94. The molecule has 1 fully saturated rings. The van der Waals surface area contributed by atoms with Gasteiger partial charge in [-0.1, -0.05) is 0 Å². The fraction of sp³-hybridized carbons (Fsp3) is 0.364. The molecular weight excluding hydrogens is 224 g/mol. The number of nitrogens with one attached hydrogen (secondary N) is 1. The molecule has 2 rings (SSSR count). The third kappa shape index (κ3) is 2.35. The van der Waals surface area contributed by atoms with Crippen LogP contribution in [0.1, 0.15) is 16.8 Å². The zero-order valence-electron chi connectivity index (χ0n) is 9.05. The summed E-state index contributed by atoms with van der Waals surface area (Å²) in [5, 5.41) is 8.58. The molecule has 0 spiro atoms. The van der Waals surface area contributed by atoms with Crippen molar-refractivity contribution in [3.8, 4) is 0 Å². The van der Waals surface area contributed by atoms with Crippen LogP contribution >= 0.6 is 0 Å². The third-order valence-corrected chi connectivity index (χ3v) is 2.76. The standard InChI is InChI=1S/C11H12N2O4/c14-9(15)4-7-5-13(6-7)11(17)8-2-1-3-12-10(8)16/h1-3,7H,4-6H2,(H,12,16)(H,14,15). The molecule has 0 bridgehead atoms. The van der Waals surface area contributed by atoms with Gasteiger partial charge in [-0.15, -0.1) is 0 Å². The smallest absolute Gasteiger partial charge is 0.303 e. The molecule has 1 saturated heterocycles. The Labute approximate surface area is 96.9 Å². The van der Waals surface area contributed by atoms with Gasteiger partial charge in [0.2, 0.25) is 0 Å². The second-order valence-corrected chi connectivity index (χ2v) is 4.09. The van der Waals surface area contributed by atoms with Crippen molar-refractivity contribution in [3.05, 3.63) is 34.2 Å². The number of carbonyl (C=O) groups is 2. The van der Waals surface area contributed by atoms with E-state index < -0.39 is 11.5 Å². The largest absolute Gasteiger partial charge is 0.481 e. The molecule has 1 aromatic rings. The van der Waals surface area contributed by atoms with Crippen LogP contribution in [0.5, 0.6) is 0 Å². The number of hydrogen-bond acceptors (Lipinski definition) is 3. The Morgan fingerprint density at radius 3 is 2.76 bits per heavy atom. The summed E-state index contributed by atoms with van der Waals surface area (Å²) in [6.07, 6.45) is 1.53. The normalized spacial score (nSPS) is 15.4. The topological polar surface area (TPSA) is 90.5 Å². The molecule has 1 amide bonds. The second-order valence-electron chi connectivity index (χ2n) is 4.09. The van der Waals surface area contributed by atoms with Crippen molar-refractivity contribution in [2.45, 2.75) is 6.42 Å². The van der Waals surface area contributed by atoms with Gasteiger partial charge in [-0.05, 0) is 12.1 Å². The minimum Gasteiger partial charge on any atom is -0.481 e. The van der Waals surface area contributed by atoms with E-state index in [-0.39, 0.29) is 23.8 Å². The molecule has 1 aromatic heterocycles. The van der Waals surface area contributed by atoms with E-state index in [1.165, 1.54) is 17.2 Å². The van der Waals surface area contributed by atoms with Gasteiger partial charge in [0.1, 0.15) is 5.56 Å². The molecule has 0 aromatic carbocycles. The quantitative estimate of drug-likeness (QED) is 0.768. The first kappa shape index (κ1) is 11.4. The lowest BCUT2D eigenvalue weighted by atomic mass is 9.95. The Hall–Kier alpha value is -2.11. The van der Waals surface area contributed by atoms with Crippen molar-refractivity contribution in [2.75, 3.05) is 13.1 Å². The number of aromatic nitrogens is 1. The van der Waals surface area contributed by atoms with Crippen molar-refractivity contribution in [2.24, 2.45) is 5.92 Å². The van der Waals surface area contributed by atoms with Crippen molar-refractivity contribution < 1.29 is 14.7 Å². The predicted molar refractivity (Wildman–Crippen MR) is 58.7 cm³/mol. The van der Waals surface area contributed by atoms with Gasteiger partial charge in [0, 0.05) is 25.2 Å². The summed E-state index contributed by atoms with van der Waals surface area (Å²) < 4.78 is 0. The molecule has 0 saturated carbocycles. The summed E-state index contributed by atoms with van der Waals surface area (Å²) in [7, 11) is 0. The van der Waals surface area contributed by atoms with Crippen LogP contribution in [0.15, 0.2) is 23.1 Å². The Morgan fingerprint density at radius 1 is 1.47 bits per heavy atom. The molecule has 6 nitrogen and oxygen atoms in total. The van der Waals surface area contributed by atoms with E-state index in [1.54, 1.807) is 6.07 Å². The summed E-state index contributed by atoms with van der Waals surface area (Å²) >= 11 is 0. The van der Waals surface area contributed by atoms with Crippen LogP contribution in [-0.2, 0) is 4.79 Å².